The van der Waals surface area contributed by atoms with E-state index in [1.165, 1.54) is 0 Å². The number of nitrogens with zero attached hydrogens (tertiary/aromatic N) is 2. The summed E-state index contributed by atoms with van der Waals surface area (Å²) in [6, 6.07) is 0. The van der Waals surface area contributed by atoms with Gasteiger partial charge in [-0.05, 0) is 33.3 Å². The Balaban J connectivity index is 2.35. The maximum absolute atomic E-state index is 12.6. The molecule has 0 aromatic carbocycles. The van der Waals surface area contributed by atoms with Crippen LogP contribution < -0.4 is 5.56 Å². The van der Waals surface area contributed by atoms with E-state index >= 15 is 0 Å². The molecule has 1 aromatic heterocycles. The predicted octanol–water partition coefficient (Wildman–Crippen LogP) is 1.35. The smallest absolute Gasteiger partial charge is 0.277 e. The lowest BCUT2D eigenvalue weighted by atomic mass is 10.1. The van der Waals surface area contributed by atoms with Crippen molar-refractivity contribution in [1.29, 1.82) is 0 Å². The fourth-order valence-corrected chi connectivity index (χ4v) is 3.34. The maximum Gasteiger partial charge on any atom is 0.277 e. The van der Waals surface area contributed by atoms with E-state index in [-0.39, 0.29) is 16.2 Å². The quantitative estimate of drug-likeness (QED) is 0.844. The van der Waals surface area contributed by atoms with Gasteiger partial charge in [-0.1, -0.05) is 0 Å². The molecular weight excluding hydrogens is 262 g/mol. The standard InChI is InChI=1S/C13H19N3O2S/c1-8-9(2)14-15-11(17)10(8)12(18)16-5-6-19-13(3,4)7-16/h5-7H2,1-4H3,(H,15,17). The van der Waals surface area contributed by atoms with Crippen molar-refractivity contribution in [2.45, 2.75) is 32.4 Å². The molecule has 1 fully saturated rings. The van der Waals surface area contributed by atoms with E-state index in [0.29, 0.717) is 24.3 Å². The third-order valence-electron chi connectivity index (χ3n) is 3.40. The van der Waals surface area contributed by atoms with Gasteiger partial charge in [0.05, 0.1) is 5.69 Å². The molecule has 1 amide bonds. The number of hydrogen-bond acceptors (Lipinski definition) is 4. The maximum atomic E-state index is 12.6. The summed E-state index contributed by atoms with van der Waals surface area (Å²) in [5, 5.41) is 6.27. The van der Waals surface area contributed by atoms with E-state index in [4.69, 9.17) is 0 Å². The second kappa shape index (κ2) is 5.00. The highest BCUT2D eigenvalue weighted by Crippen LogP contribution is 2.30. The molecule has 5 nitrogen and oxygen atoms in total. The molecule has 6 heteroatoms. The van der Waals surface area contributed by atoms with Gasteiger partial charge in [-0.3, -0.25) is 9.59 Å². The molecule has 0 spiro atoms. The van der Waals surface area contributed by atoms with Crippen molar-refractivity contribution in [2.24, 2.45) is 0 Å². The fourth-order valence-electron chi connectivity index (χ4n) is 2.23. The molecule has 0 unspecified atom stereocenters. The molecule has 1 saturated heterocycles. The Morgan fingerprint density at radius 2 is 2.11 bits per heavy atom. The summed E-state index contributed by atoms with van der Waals surface area (Å²) >= 11 is 1.86. The highest BCUT2D eigenvalue weighted by Gasteiger charge is 2.32. The van der Waals surface area contributed by atoms with Crippen LogP contribution in [0.2, 0.25) is 0 Å². The Morgan fingerprint density at radius 3 is 2.74 bits per heavy atom. The summed E-state index contributed by atoms with van der Waals surface area (Å²) in [6.07, 6.45) is 0. The minimum Gasteiger partial charge on any atom is -0.336 e. The molecule has 0 aliphatic carbocycles. The van der Waals surface area contributed by atoms with Gasteiger partial charge >= 0.3 is 0 Å². The molecule has 19 heavy (non-hydrogen) atoms. The summed E-state index contributed by atoms with van der Waals surface area (Å²) < 4.78 is 0.0383. The molecule has 0 radical (unpaired) electrons. The number of hydrogen-bond donors (Lipinski definition) is 1. The average molecular weight is 281 g/mol. The van der Waals surface area contributed by atoms with Crippen LogP contribution in [0.4, 0.5) is 0 Å². The van der Waals surface area contributed by atoms with Crippen LogP contribution in [0.3, 0.4) is 0 Å². The van der Waals surface area contributed by atoms with Gasteiger partial charge in [0, 0.05) is 23.6 Å². The number of aryl methyl sites for hydroxylation is 1. The number of nitrogens with one attached hydrogen (secondary N) is 1. The van der Waals surface area contributed by atoms with Crippen molar-refractivity contribution >= 4 is 17.7 Å². The molecule has 1 aromatic rings. The highest BCUT2D eigenvalue weighted by atomic mass is 32.2. The molecule has 0 atom stereocenters. The lowest BCUT2D eigenvalue weighted by Crippen LogP contribution is -2.47. The molecular formula is C13H19N3O2S. The Bertz CT molecular complexity index is 565. The lowest BCUT2D eigenvalue weighted by Gasteiger charge is -2.37. The van der Waals surface area contributed by atoms with Crippen LogP contribution in [0.1, 0.15) is 35.5 Å². The summed E-state index contributed by atoms with van der Waals surface area (Å²) in [5.41, 5.74) is 1.19. The summed E-state index contributed by atoms with van der Waals surface area (Å²) in [5.74, 6) is 0.720. The average Bonchev–Trinajstić information content (AvgIpc) is 2.33. The number of aromatic amines is 1. The van der Waals surface area contributed by atoms with Crippen molar-refractivity contribution in [1.82, 2.24) is 15.1 Å². The first-order valence-corrected chi connectivity index (χ1v) is 7.29. The van der Waals surface area contributed by atoms with Gasteiger partial charge < -0.3 is 4.90 Å². The van der Waals surface area contributed by atoms with Crippen molar-refractivity contribution in [3.05, 3.63) is 27.2 Å². The summed E-state index contributed by atoms with van der Waals surface area (Å²) in [4.78, 5) is 26.2. The van der Waals surface area contributed by atoms with Crippen LogP contribution in [-0.2, 0) is 0 Å². The normalized spacial score (nSPS) is 18.4. The number of thioether (sulfide) groups is 1. The third-order valence-corrected chi connectivity index (χ3v) is 4.69. The second-order valence-electron chi connectivity index (χ2n) is 5.47. The Kier molecular flexibility index (Phi) is 3.71. The number of carbonyl (C=O) groups is 1. The van der Waals surface area contributed by atoms with Crippen LogP contribution in [0.25, 0.3) is 0 Å². The monoisotopic (exact) mass is 281 g/mol. The summed E-state index contributed by atoms with van der Waals surface area (Å²) in [6.45, 7) is 9.15. The van der Waals surface area contributed by atoms with Crippen LogP contribution in [0.15, 0.2) is 4.79 Å². The molecule has 0 bridgehead atoms. The number of H-pyrrole nitrogens is 1. The van der Waals surface area contributed by atoms with E-state index in [1.807, 2.05) is 11.8 Å². The molecule has 104 valence electrons. The molecule has 1 N–H and O–H groups in total. The van der Waals surface area contributed by atoms with Crippen molar-refractivity contribution < 1.29 is 4.79 Å². The Morgan fingerprint density at radius 1 is 1.42 bits per heavy atom. The van der Waals surface area contributed by atoms with Gasteiger partial charge in [-0.15, -0.1) is 0 Å². The van der Waals surface area contributed by atoms with Gasteiger partial charge in [0.1, 0.15) is 5.56 Å². The minimum atomic E-state index is -0.399. The minimum absolute atomic E-state index is 0.0383. The first-order chi connectivity index (χ1) is 8.82. The first-order valence-electron chi connectivity index (χ1n) is 6.31. The highest BCUT2D eigenvalue weighted by molar-refractivity contribution is 8.00. The Hall–Kier alpha value is -1.30. The molecule has 1 aliphatic heterocycles. The van der Waals surface area contributed by atoms with Gasteiger partial charge in [-0.2, -0.15) is 16.9 Å². The largest absolute Gasteiger partial charge is 0.336 e. The third kappa shape index (κ3) is 2.83. The SMILES string of the molecule is Cc1n[nH]c(=O)c(C(=O)N2CCSC(C)(C)C2)c1C. The van der Waals surface area contributed by atoms with E-state index in [2.05, 4.69) is 24.0 Å². The van der Waals surface area contributed by atoms with Crippen LogP contribution in [0.5, 0.6) is 0 Å². The zero-order valence-corrected chi connectivity index (χ0v) is 12.6. The zero-order chi connectivity index (χ0) is 14.2. The fraction of sp³-hybridized carbons (Fsp3) is 0.615. The first kappa shape index (κ1) is 14.1. The van der Waals surface area contributed by atoms with Crippen molar-refractivity contribution in [2.75, 3.05) is 18.8 Å². The number of aromatic nitrogens is 2. The van der Waals surface area contributed by atoms with Crippen LogP contribution >= 0.6 is 11.8 Å². The molecule has 0 saturated carbocycles. The van der Waals surface area contributed by atoms with E-state index in [9.17, 15) is 9.59 Å². The second-order valence-corrected chi connectivity index (χ2v) is 7.28. The topological polar surface area (TPSA) is 66.1 Å². The predicted molar refractivity (Wildman–Crippen MR) is 76.8 cm³/mol. The Labute approximate surface area is 116 Å². The van der Waals surface area contributed by atoms with Crippen LogP contribution in [-0.4, -0.2) is 44.6 Å². The molecule has 2 rings (SSSR count). The van der Waals surface area contributed by atoms with Gasteiger partial charge in [-0.25, -0.2) is 5.10 Å². The lowest BCUT2D eigenvalue weighted by molar-refractivity contribution is 0.0745. The zero-order valence-electron chi connectivity index (χ0n) is 11.7. The van der Waals surface area contributed by atoms with Crippen LogP contribution in [0, 0.1) is 13.8 Å². The van der Waals surface area contributed by atoms with Gasteiger partial charge in [0.25, 0.3) is 11.5 Å². The number of carbonyl (C=O) groups excluding carboxylic acids is 1. The molecule has 2 heterocycles. The van der Waals surface area contributed by atoms with Gasteiger partial charge in [0.2, 0.25) is 0 Å². The number of rotatable bonds is 1. The van der Waals surface area contributed by atoms with E-state index in [1.54, 1.807) is 18.7 Å². The summed E-state index contributed by atoms with van der Waals surface area (Å²) in [7, 11) is 0. The molecule has 1 aliphatic rings. The van der Waals surface area contributed by atoms with E-state index < -0.39 is 5.56 Å². The van der Waals surface area contributed by atoms with Gasteiger partial charge in [0.15, 0.2) is 0 Å². The van der Waals surface area contributed by atoms with Crippen molar-refractivity contribution in [3.8, 4) is 0 Å². The van der Waals surface area contributed by atoms with Crippen molar-refractivity contribution in [3.63, 3.8) is 0 Å². The van der Waals surface area contributed by atoms with E-state index in [0.717, 1.165) is 5.75 Å². The number of amides is 1.